The summed E-state index contributed by atoms with van der Waals surface area (Å²) in [7, 11) is 0. The number of fused-ring (bicyclic) bond motifs is 1. The van der Waals surface area contributed by atoms with Crippen molar-refractivity contribution in [3.05, 3.63) is 79.9 Å². The summed E-state index contributed by atoms with van der Waals surface area (Å²) in [6, 6.07) is 9.11. The number of hydrogen-bond acceptors (Lipinski definition) is 4. The molecule has 1 aliphatic rings. The number of rotatable bonds is 3. The molecule has 3 heterocycles. The van der Waals surface area contributed by atoms with Gasteiger partial charge in [0.1, 0.15) is 5.82 Å². The van der Waals surface area contributed by atoms with Crippen LogP contribution in [0, 0.1) is 0 Å². The Morgan fingerprint density at radius 3 is 2.77 bits per heavy atom. The number of nitrogens with zero attached hydrogens (tertiary/aromatic N) is 3. The van der Waals surface area contributed by atoms with Crippen molar-refractivity contribution in [2.75, 3.05) is 6.54 Å². The molecule has 0 saturated heterocycles. The summed E-state index contributed by atoms with van der Waals surface area (Å²) in [4.78, 5) is 26.3. The number of nitrogens with one attached hydrogen (secondary N) is 1. The Kier molecular flexibility index (Phi) is 4.76. The lowest BCUT2D eigenvalue weighted by atomic mass is 10.1. The van der Waals surface area contributed by atoms with Crippen molar-refractivity contribution in [3.8, 4) is 11.4 Å². The number of halogens is 2. The Balaban J connectivity index is 1.59. The van der Waals surface area contributed by atoms with E-state index in [2.05, 4.69) is 19.9 Å². The van der Waals surface area contributed by atoms with Crippen LogP contribution in [-0.4, -0.2) is 26.4 Å². The summed E-state index contributed by atoms with van der Waals surface area (Å²) in [6.07, 6.45) is 4.09. The van der Waals surface area contributed by atoms with Gasteiger partial charge in [-0.05, 0) is 35.9 Å². The first kappa shape index (κ1) is 17.2. The van der Waals surface area contributed by atoms with Crippen molar-refractivity contribution in [2.24, 2.45) is 0 Å². The number of benzene rings is 1. The van der Waals surface area contributed by atoms with E-state index in [0.717, 1.165) is 29.8 Å². The molecule has 2 aromatic heterocycles. The molecule has 4 rings (SSSR count). The van der Waals surface area contributed by atoms with E-state index in [4.69, 9.17) is 23.2 Å². The van der Waals surface area contributed by atoms with Gasteiger partial charge >= 0.3 is 0 Å². The SMILES string of the molecule is O=c1[nH]c(-c2ccncc2)nc2c1CN(Cc1cc(Cl)ccc1Cl)CC2. The normalized spacial score (nSPS) is 14.2. The topological polar surface area (TPSA) is 61.9 Å². The summed E-state index contributed by atoms with van der Waals surface area (Å²) in [5.74, 6) is 0.586. The van der Waals surface area contributed by atoms with Gasteiger partial charge in [0, 0.05) is 54.1 Å². The van der Waals surface area contributed by atoms with Crippen molar-refractivity contribution in [2.45, 2.75) is 19.5 Å². The Hall–Kier alpha value is -2.21. The van der Waals surface area contributed by atoms with E-state index in [0.29, 0.717) is 34.5 Å². The number of H-pyrrole nitrogens is 1. The molecule has 0 unspecified atom stereocenters. The predicted octanol–water partition coefficient (Wildman–Crippen LogP) is 3.70. The van der Waals surface area contributed by atoms with Crippen molar-refractivity contribution >= 4 is 23.2 Å². The van der Waals surface area contributed by atoms with Gasteiger partial charge in [-0.3, -0.25) is 14.7 Å². The molecule has 7 heteroatoms. The quantitative estimate of drug-likeness (QED) is 0.745. The lowest BCUT2D eigenvalue weighted by molar-refractivity contribution is 0.242. The van der Waals surface area contributed by atoms with Crippen LogP contribution in [0.4, 0.5) is 0 Å². The molecule has 3 aromatic rings. The lowest BCUT2D eigenvalue weighted by Gasteiger charge is -2.28. The molecule has 1 aromatic carbocycles. The van der Waals surface area contributed by atoms with E-state index in [1.807, 2.05) is 18.2 Å². The average Bonchev–Trinajstić information content (AvgIpc) is 2.66. The molecule has 0 saturated carbocycles. The van der Waals surface area contributed by atoms with E-state index < -0.39 is 0 Å². The largest absolute Gasteiger partial charge is 0.306 e. The molecule has 5 nitrogen and oxygen atoms in total. The average molecular weight is 387 g/mol. The fourth-order valence-electron chi connectivity index (χ4n) is 3.17. The second-order valence-corrected chi connectivity index (χ2v) is 7.12. The molecular weight excluding hydrogens is 371 g/mol. The molecule has 0 amide bonds. The molecule has 132 valence electrons. The van der Waals surface area contributed by atoms with Gasteiger partial charge in [-0.2, -0.15) is 0 Å². The predicted molar refractivity (Wildman–Crippen MR) is 102 cm³/mol. The fourth-order valence-corrected chi connectivity index (χ4v) is 3.54. The first-order valence-corrected chi connectivity index (χ1v) is 9.04. The van der Waals surface area contributed by atoms with Crippen molar-refractivity contribution in [3.63, 3.8) is 0 Å². The van der Waals surface area contributed by atoms with E-state index in [1.165, 1.54) is 0 Å². The van der Waals surface area contributed by atoms with Gasteiger partial charge in [-0.15, -0.1) is 0 Å². The van der Waals surface area contributed by atoms with Gasteiger partial charge in [-0.1, -0.05) is 23.2 Å². The maximum atomic E-state index is 12.6. The van der Waals surface area contributed by atoms with Crippen LogP contribution in [0.25, 0.3) is 11.4 Å². The number of hydrogen-bond donors (Lipinski definition) is 1. The van der Waals surface area contributed by atoms with Crippen LogP contribution in [0.3, 0.4) is 0 Å². The molecule has 0 aliphatic carbocycles. The highest BCUT2D eigenvalue weighted by atomic mass is 35.5. The molecule has 0 fully saturated rings. The Labute approximate surface area is 160 Å². The zero-order valence-corrected chi connectivity index (χ0v) is 15.4. The molecule has 1 N–H and O–H groups in total. The minimum absolute atomic E-state index is 0.0938. The highest BCUT2D eigenvalue weighted by molar-refractivity contribution is 6.33. The summed E-state index contributed by atoms with van der Waals surface area (Å²) < 4.78 is 0. The standard InChI is InChI=1S/C19H16Cl2N4O/c20-14-1-2-16(21)13(9-14)10-25-8-5-17-15(11-25)19(26)24-18(23-17)12-3-6-22-7-4-12/h1-4,6-7,9H,5,8,10-11H2,(H,23,24,26). The minimum Gasteiger partial charge on any atom is -0.306 e. The monoisotopic (exact) mass is 386 g/mol. The molecule has 26 heavy (non-hydrogen) atoms. The molecule has 1 aliphatic heterocycles. The van der Waals surface area contributed by atoms with Crippen molar-refractivity contribution in [1.82, 2.24) is 19.9 Å². The number of pyridine rings is 1. The van der Waals surface area contributed by atoms with E-state index in [-0.39, 0.29) is 5.56 Å². The van der Waals surface area contributed by atoms with E-state index in [1.54, 1.807) is 24.5 Å². The minimum atomic E-state index is -0.0938. The van der Waals surface area contributed by atoms with Crippen LogP contribution < -0.4 is 5.56 Å². The van der Waals surface area contributed by atoms with Crippen molar-refractivity contribution < 1.29 is 0 Å². The fraction of sp³-hybridized carbons (Fsp3) is 0.211. The maximum Gasteiger partial charge on any atom is 0.255 e. The smallest absolute Gasteiger partial charge is 0.255 e. The Morgan fingerprint density at radius 1 is 1.15 bits per heavy atom. The highest BCUT2D eigenvalue weighted by Crippen LogP contribution is 2.24. The third-order valence-corrected chi connectivity index (χ3v) is 5.11. The number of aromatic nitrogens is 3. The zero-order valence-electron chi connectivity index (χ0n) is 13.9. The summed E-state index contributed by atoms with van der Waals surface area (Å²) in [5, 5.41) is 1.34. The first-order valence-electron chi connectivity index (χ1n) is 8.29. The van der Waals surface area contributed by atoms with Crippen LogP contribution in [0.15, 0.2) is 47.5 Å². The molecular formula is C19H16Cl2N4O. The second-order valence-electron chi connectivity index (χ2n) is 6.27. The molecule has 0 atom stereocenters. The molecule has 0 spiro atoms. The number of aromatic amines is 1. The third kappa shape index (κ3) is 3.51. The maximum absolute atomic E-state index is 12.6. The highest BCUT2D eigenvalue weighted by Gasteiger charge is 2.22. The molecule has 0 bridgehead atoms. The van der Waals surface area contributed by atoms with E-state index >= 15 is 0 Å². The van der Waals surface area contributed by atoms with Crippen LogP contribution in [0.5, 0.6) is 0 Å². The summed E-state index contributed by atoms with van der Waals surface area (Å²) >= 11 is 12.3. The first-order chi connectivity index (χ1) is 12.6. The van der Waals surface area contributed by atoms with Crippen LogP contribution >= 0.6 is 23.2 Å². The van der Waals surface area contributed by atoms with Crippen LogP contribution in [-0.2, 0) is 19.5 Å². The third-order valence-electron chi connectivity index (χ3n) is 4.50. The van der Waals surface area contributed by atoms with Gasteiger partial charge in [0.25, 0.3) is 5.56 Å². The second kappa shape index (κ2) is 7.19. The van der Waals surface area contributed by atoms with Crippen LogP contribution in [0.2, 0.25) is 10.0 Å². The van der Waals surface area contributed by atoms with Gasteiger partial charge in [-0.25, -0.2) is 4.98 Å². The van der Waals surface area contributed by atoms with Gasteiger partial charge in [0.15, 0.2) is 0 Å². The van der Waals surface area contributed by atoms with Gasteiger partial charge < -0.3 is 4.98 Å². The van der Waals surface area contributed by atoms with Crippen LogP contribution in [0.1, 0.15) is 16.8 Å². The Morgan fingerprint density at radius 2 is 1.96 bits per heavy atom. The summed E-state index contributed by atoms with van der Waals surface area (Å²) in [6.45, 7) is 1.99. The van der Waals surface area contributed by atoms with Gasteiger partial charge in [0.05, 0.1) is 11.3 Å². The lowest BCUT2D eigenvalue weighted by Crippen LogP contribution is -2.35. The Bertz CT molecular complexity index is 1000. The zero-order chi connectivity index (χ0) is 18.1. The summed E-state index contributed by atoms with van der Waals surface area (Å²) in [5.41, 5.74) is 3.29. The van der Waals surface area contributed by atoms with E-state index in [9.17, 15) is 4.79 Å². The van der Waals surface area contributed by atoms with Gasteiger partial charge in [0.2, 0.25) is 0 Å². The van der Waals surface area contributed by atoms with Crippen molar-refractivity contribution in [1.29, 1.82) is 0 Å². The molecule has 0 radical (unpaired) electrons.